The quantitative estimate of drug-likeness (QED) is 0.842. The van der Waals surface area contributed by atoms with Crippen LogP contribution < -0.4 is 10.5 Å². The fourth-order valence-corrected chi connectivity index (χ4v) is 1.82. The molecule has 2 N–H and O–H groups in total. The number of halogens is 1. The lowest BCUT2D eigenvalue weighted by molar-refractivity contribution is -0.122. The van der Waals surface area contributed by atoms with Crippen LogP contribution in [0.3, 0.4) is 0 Å². The van der Waals surface area contributed by atoms with Gasteiger partial charge in [-0.15, -0.1) is 0 Å². The van der Waals surface area contributed by atoms with E-state index in [0.29, 0.717) is 23.7 Å². The third kappa shape index (κ3) is 4.29. The van der Waals surface area contributed by atoms with Crippen molar-refractivity contribution >= 4 is 5.91 Å². The summed E-state index contributed by atoms with van der Waals surface area (Å²) in [6.07, 6.45) is 0. The molecule has 22 heavy (non-hydrogen) atoms. The first-order valence-electron chi connectivity index (χ1n) is 6.78. The number of ether oxygens (including phenoxy) is 1. The van der Waals surface area contributed by atoms with Crippen molar-refractivity contribution in [3.05, 3.63) is 47.5 Å². The molecule has 0 spiro atoms. The van der Waals surface area contributed by atoms with E-state index in [0.717, 1.165) is 0 Å². The Labute approximate surface area is 127 Å². The first kappa shape index (κ1) is 16.0. The van der Waals surface area contributed by atoms with Gasteiger partial charge in [-0.2, -0.15) is 0 Å². The smallest absolute Gasteiger partial charge is 0.254 e. The van der Waals surface area contributed by atoms with Crippen molar-refractivity contribution in [3.63, 3.8) is 0 Å². The Balaban J connectivity index is 1.90. The molecule has 1 heterocycles. The van der Waals surface area contributed by atoms with Crippen LogP contribution in [0.2, 0.25) is 0 Å². The molecule has 2 aromatic rings. The lowest BCUT2D eigenvalue weighted by atomic mass is 10.2. The summed E-state index contributed by atoms with van der Waals surface area (Å²) >= 11 is 0. The first-order chi connectivity index (χ1) is 10.5. The highest BCUT2D eigenvalue weighted by molar-refractivity contribution is 5.79. The van der Waals surface area contributed by atoms with Crippen LogP contribution in [0.4, 0.5) is 4.39 Å². The van der Waals surface area contributed by atoms with Crippen molar-refractivity contribution in [3.8, 4) is 5.88 Å². The van der Waals surface area contributed by atoms with E-state index in [9.17, 15) is 9.18 Å². The second-order valence-electron chi connectivity index (χ2n) is 5.04. The van der Waals surface area contributed by atoms with Crippen molar-refractivity contribution < 1.29 is 18.4 Å². The van der Waals surface area contributed by atoms with Gasteiger partial charge < -0.3 is 15.0 Å². The molecule has 0 aliphatic rings. The van der Waals surface area contributed by atoms with Crippen LogP contribution >= 0.6 is 0 Å². The van der Waals surface area contributed by atoms with Crippen molar-refractivity contribution in [2.24, 2.45) is 5.73 Å². The van der Waals surface area contributed by atoms with E-state index >= 15 is 0 Å². The number of aromatic nitrogens is 1. The van der Waals surface area contributed by atoms with Gasteiger partial charge in [0.05, 0.1) is 12.6 Å². The molecule has 2 rings (SSSR count). The van der Waals surface area contributed by atoms with Gasteiger partial charge in [0.25, 0.3) is 5.88 Å². The minimum Gasteiger partial charge on any atom is -0.471 e. The van der Waals surface area contributed by atoms with Crippen LogP contribution in [-0.4, -0.2) is 29.1 Å². The van der Waals surface area contributed by atoms with Crippen LogP contribution in [0, 0.1) is 5.82 Å². The van der Waals surface area contributed by atoms with Crippen molar-refractivity contribution in [1.29, 1.82) is 0 Å². The summed E-state index contributed by atoms with van der Waals surface area (Å²) in [6, 6.07) is 7.34. The molecule has 1 aromatic carbocycles. The highest BCUT2D eigenvalue weighted by atomic mass is 19.1. The number of carbonyl (C=O) groups is 1. The molecule has 1 amide bonds. The lowest BCUT2D eigenvalue weighted by Crippen LogP contribution is -2.39. The second-order valence-corrected chi connectivity index (χ2v) is 5.04. The van der Waals surface area contributed by atoms with Crippen molar-refractivity contribution in [2.45, 2.75) is 26.1 Å². The summed E-state index contributed by atoms with van der Waals surface area (Å²) in [5, 5.41) is 3.78. The lowest BCUT2D eigenvalue weighted by Gasteiger charge is -2.19. The predicted molar refractivity (Wildman–Crippen MR) is 77.4 cm³/mol. The molecule has 1 atom stereocenters. The van der Waals surface area contributed by atoms with Gasteiger partial charge in [-0.05, 0) is 36.8 Å². The molecule has 0 radical (unpaired) electrons. The Kier molecular flexibility index (Phi) is 5.11. The van der Waals surface area contributed by atoms with Gasteiger partial charge in [-0.1, -0.05) is 12.1 Å². The Morgan fingerprint density at radius 3 is 2.95 bits per heavy atom. The number of hydrogen-bond donors (Lipinski definition) is 1. The van der Waals surface area contributed by atoms with E-state index in [1.165, 1.54) is 12.1 Å². The Morgan fingerprint density at radius 1 is 1.50 bits per heavy atom. The molecule has 6 nitrogen and oxygen atoms in total. The highest BCUT2D eigenvalue weighted by Gasteiger charge is 2.17. The molecular weight excluding hydrogens is 289 g/mol. The third-order valence-corrected chi connectivity index (χ3v) is 3.29. The van der Waals surface area contributed by atoms with Crippen LogP contribution in [0.25, 0.3) is 0 Å². The molecular formula is C15H18FN3O3. The number of amides is 1. The van der Waals surface area contributed by atoms with Crippen molar-refractivity contribution in [1.82, 2.24) is 10.1 Å². The van der Waals surface area contributed by atoms with E-state index in [4.69, 9.17) is 15.0 Å². The Morgan fingerprint density at radius 2 is 2.27 bits per heavy atom. The topological polar surface area (TPSA) is 81.6 Å². The van der Waals surface area contributed by atoms with Crippen LogP contribution in [0.5, 0.6) is 5.88 Å². The number of carbonyl (C=O) groups excluding carboxylic acids is 1. The Hall–Kier alpha value is -2.41. The number of nitrogens with two attached hydrogens (primary N) is 1. The monoisotopic (exact) mass is 307 g/mol. The first-order valence-corrected chi connectivity index (χ1v) is 6.78. The summed E-state index contributed by atoms with van der Waals surface area (Å²) < 4.78 is 23.6. The van der Waals surface area contributed by atoms with Gasteiger partial charge in [0, 0.05) is 6.07 Å². The number of benzene rings is 1. The molecule has 0 aliphatic heterocycles. The number of likely N-dealkylation sites (N-methyl/N-ethyl adjacent to an activating group) is 1. The zero-order valence-electron chi connectivity index (χ0n) is 12.5. The number of nitrogens with zero attached hydrogens (tertiary/aromatic N) is 2. The van der Waals surface area contributed by atoms with Gasteiger partial charge in [0.2, 0.25) is 5.91 Å². The van der Waals surface area contributed by atoms with Gasteiger partial charge in [0.1, 0.15) is 12.4 Å². The number of primary amides is 1. The standard InChI is InChI=1S/C15H18FN3O3/c1-10(15(17)20)19(2)8-13-7-14(18-22-13)21-9-11-4-3-5-12(16)6-11/h3-7,10H,8-9H2,1-2H3,(H2,17,20)/t10-/m0/s1. The van der Waals surface area contributed by atoms with Gasteiger partial charge in [-0.25, -0.2) is 4.39 Å². The number of hydrogen-bond acceptors (Lipinski definition) is 5. The van der Waals surface area contributed by atoms with Gasteiger partial charge >= 0.3 is 0 Å². The minimum atomic E-state index is -0.415. The van der Waals surface area contributed by atoms with E-state index in [-0.39, 0.29) is 12.4 Å². The molecule has 7 heteroatoms. The molecule has 1 aromatic heterocycles. The van der Waals surface area contributed by atoms with Gasteiger partial charge in [-0.3, -0.25) is 9.69 Å². The molecule has 0 unspecified atom stereocenters. The maximum Gasteiger partial charge on any atom is 0.254 e. The van der Waals surface area contributed by atoms with Crippen LogP contribution in [-0.2, 0) is 17.9 Å². The molecule has 0 aliphatic carbocycles. The second kappa shape index (κ2) is 7.04. The van der Waals surface area contributed by atoms with E-state index < -0.39 is 11.9 Å². The SMILES string of the molecule is C[C@@H](C(N)=O)N(C)Cc1cc(OCc2cccc(F)c2)no1. The molecule has 0 saturated heterocycles. The molecule has 0 fully saturated rings. The van der Waals surface area contributed by atoms with Crippen molar-refractivity contribution in [2.75, 3.05) is 7.05 Å². The summed E-state index contributed by atoms with van der Waals surface area (Å²) in [5.41, 5.74) is 5.94. The van der Waals surface area contributed by atoms with E-state index in [2.05, 4.69) is 5.16 Å². The molecule has 118 valence electrons. The summed E-state index contributed by atoms with van der Waals surface area (Å²) in [5.74, 6) is 0.123. The van der Waals surface area contributed by atoms with E-state index in [1.54, 1.807) is 37.1 Å². The summed E-state index contributed by atoms with van der Waals surface area (Å²) in [7, 11) is 1.76. The third-order valence-electron chi connectivity index (χ3n) is 3.29. The average molecular weight is 307 g/mol. The summed E-state index contributed by atoms with van der Waals surface area (Å²) in [4.78, 5) is 12.8. The fourth-order valence-electron chi connectivity index (χ4n) is 1.82. The maximum atomic E-state index is 13.0. The Bertz CT molecular complexity index is 644. The molecule has 0 bridgehead atoms. The maximum absolute atomic E-state index is 13.0. The fraction of sp³-hybridized carbons (Fsp3) is 0.333. The van der Waals surface area contributed by atoms with Crippen LogP contribution in [0.1, 0.15) is 18.2 Å². The number of rotatable bonds is 7. The van der Waals surface area contributed by atoms with E-state index in [1.807, 2.05) is 0 Å². The average Bonchev–Trinajstić information content (AvgIpc) is 2.91. The largest absolute Gasteiger partial charge is 0.471 e. The molecule has 0 saturated carbocycles. The highest BCUT2D eigenvalue weighted by Crippen LogP contribution is 2.16. The zero-order chi connectivity index (χ0) is 16.1. The van der Waals surface area contributed by atoms with Crippen LogP contribution in [0.15, 0.2) is 34.9 Å². The predicted octanol–water partition coefficient (Wildman–Crippen LogP) is 1.70. The zero-order valence-corrected chi connectivity index (χ0v) is 12.5. The van der Waals surface area contributed by atoms with Gasteiger partial charge in [0.15, 0.2) is 5.76 Å². The summed E-state index contributed by atoms with van der Waals surface area (Å²) in [6.45, 7) is 2.28. The minimum absolute atomic E-state index is 0.192. The normalized spacial score (nSPS) is 12.4.